The summed E-state index contributed by atoms with van der Waals surface area (Å²) in [6.07, 6.45) is 0.761. The highest BCUT2D eigenvalue weighted by Crippen LogP contribution is 2.41. The van der Waals surface area contributed by atoms with Crippen LogP contribution in [-0.2, 0) is 11.3 Å². The molecule has 0 atom stereocenters. The summed E-state index contributed by atoms with van der Waals surface area (Å²) in [5.41, 5.74) is 2.25. The SMILES string of the molecule is Cc1c(CCON)cc(Br)c2c1OCCO2. The van der Waals surface area contributed by atoms with Gasteiger partial charge in [0.2, 0.25) is 0 Å². The highest BCUT2D eigenvalue weighted by Gasteiger charge is 2.20. The van der Waals surface area contributed by atoms with Crippen LogP contribution in [0.5, 0.6) is 11.5 Å². The third kappa shape index (κ3) is 2.16. The molecule has 0 aromatic heterocycles. The standard InChI is InChI=1S/C11H14BrNO3/c1-7-8(2-3-16-13)6-9(12)11-10(7)14-4-5-15-11/h6H,2-5,13H2,1H3. The quantitative estimate of drug-likeness (QED) is 0.864. The van der Waals surface area contributed by atoms with Crippen molar-refractivity contribution in [1.82, 2.24) is 0 Å². The van der Waals surface area contributed by atoms with Crippen LogP contribution >= 0.6 is 15.9 Å². The molecule has 0 unspecified atom stereocenters. The van der Waals surface area contributed by atoms with Gasteiger partial charge in [0.15, 0.2) is 11.5 Å². The average Bonchev–Trinajstić information content (AvgIpc) is 2.32. The number of hydrogen-bond acceptors (Lipinski definition) is 4. The minimum Gasteiger partial charge on any atom is -0.486 e. The van der Waals surface area contributed by atoms with Crippen LogP contribution in [-0.4, -0.2) is 19.8 Å². The third-order valence-corrected chi connectivity index (χ3v) is 3.20. The second-order valence-electron chi connectivity index (χ2n) is 3.62. The maximum absolute atomic E-state index is 5.63. The molecule has 5 heteroatoms. The number of halogens is 1. The van der Waals surface area contributed by atoms with E-state index in [-0.39, 0.29) is 0 Å². The molecular formula is C11H14BrNO3. The first-order valence-electron chi connectivity index (χ1n) is 5.13. The zero-order valence-corrected chi connectivity index (χ0v) is 10.7. The van der Waals surface area contributed by atoms with Gasteiger partial charge < -0.3 is 14.3 Å². The Labute approximate surface area is 103 Å². The lowest BCUT2D eigenvalue weighted by Gasteiger charge is -2.23. The van der Waals surface area contributed by atoms with Crippen molar-refractivity contribution in [3.05, 3.63) is 21.7 Å². The number of ether oxygens (including phenoxy) is 2. The molecule has 4 nitrogen and oxygen atoms in total. The first-order chi connectivity index (χ1) is 7.74. The molecule has 1 heterocycles. The highest BCUT2D eigenvalue weighted by molar-refractivity contribution is 9.10. The molecule has 0 amide bonds. The summed E-state index contributed by atoms with van der Waals surface area (Å²) in [6.45, 7) is 3.70. The molecule has 0 saturated heterocycles. The first kappa shape index (κ1) is 11.7. The predicted octanol–water partition coefficient (Wildman–Crippen LogP) is 1.96. The van der Waals surface area contributed by atoms with Gasteiger partial charge in [-0.3, -0.25) is 0 Å². The van der Waals surface area contributed by atoms with Gasteiger partial charge in [-0.05, 0) is 46.5 Å². The molecule has 1 aliphatic heterocycles. The molecule has 0 bridgehead atoms. The number of nitrogens with two attached hydrogens (primary N) is 1. The van der Waals surface area contributed by atoms with E-state index in [1.165, 1.54) is 0 Å². The zero-order valence-electron chi connectivity index (χ0n) is 9.09. The summed E-state index contributed by atoms with van der Waals surface area (Å²) in [6, 6.07) is 2.03. The number of fused-ring (bicyclic) bond motifs is 1. The van der Waals surface area contributed by atoms with Gasteiger partial charge in [-0.25, -0.2) is 5.90 Å². The van der Waals surface area contributed by atoms with Crippen LogP contribution in [0.15, 0.2) is 10.5 Å². The summed E-state index contributed by atoms with van der Waals surface area (Å²) in [4.78, 5) is 4.60. The topological polar surface area (TPSA) is 53.7 Å². The van der Waals surface area contributed by atoms with Crippen molar-refractivity contribution in [3.8, 4) is 11.5 Å². The average molecular weight is 288 g/mol. The summed E-state index contributed by atoms with van der Waals surface area (Å²) in [5, 5.41) is 0. The summed E-state index contributed by atoms with van der Waals surface area (Å²) < 4.78 is 12.1. The molecule has 88 valence electrons. The molecular weight excluding hydrogens is 274 g/mol. The van der Waals surface area contributed by atoms with Gasteiger partial charge in [0.05, 0.1) is 11.1 Å². The second kappa shape index (κ2) is 5.03. The van der Waals surface area contributed by atoms with Crippen LogP contribution in [0, 0.1) is 6.92 Å². The van der Waals surface area contributed by atoms with E-state index in [1.807, 2.05) is 13.0 Å². The Kier molecular flexibility index (Phi) is 3.68. The van der Waals surface area contributed by atoms with Gasteiger partial charge in [-0.1, -0.05) is 0 Å². The highest BCUT2D eigenvalue weighted by atomic mass is 79.9. The van der Waals surface area contributed by atoms with Crippen LogP contribution in [0.3, 0.4) is 0 Å². The van der Waals surface area contributed by atoms with Gasteiger partial charge in [-0.15, -0.1) is 0 Å². The van der Waals surface area contributed by atoms with Crippen molar-refractivity contribution < 1.29 is 14.3 Å². The largest absolute Gasteiger partial charge is 0.486 e. The van der Waals surface area contributed by atoms with E-state index in [4.69, 9.17) is 15.4 Å². The van der Waals surface area contributed by atoms with Crippen molar-refractivity contribution >= 4 is 15.9 Å². The predicted molar refractivity (Wildman–Crippen MR) is 63.7 cm³/mol. The molecule has 1 aromatic carbocycles. The summed E-state index contributed by atoms with van der Waals surface area (Å²) >= 11 is 3.48. The van der Waals surface area contributed by atoms with E-state index >= 15 is 0 Å². The van der Waals surface area contributed by atoms with E-state index in [1.54, 1.807) is 0 Å². The zero-order chi connectivity index (χ0) is 11.5. The van der Waals surface area contributed by atoms with Crippen LogP contribution in [0.1, 0.15) is 11.1 Å². The van der Waals surface area contributed by atoms with Crippen molar-refractivity contribution in [2.24, 2.45) is 5.90 Å². The van der Waals surface area contributed by atoms with Gasteiger partial charge in [0.25, 0.3) is 0 Å². The van der Waals surface area contributed by atoms with Gasteiger partial charge in [0.1, 0.15) is 13.2 Å². The van der Waals surface area contributed by atoms with Crippen LogP contribution in [0.25, 0.3) is 0 Å². The fourth-order valence-electron chi connectivity index (χ4n) is 1.78. The first-order valence-corrected chi connectivity index (χ1v) is 5.92. The molecule has 0 fully saturated rings. The lowest BCUT2D eigenvalue weighted by molar-refractivity contribution is 0.140. The van der Waals surface area contributed by atoms with Crippen LogP contribution in [0.2, 0.25) is 0 Å². The van der Waals surface area contributed by atoms with Gasteiger partial charge in [0, 0.05) is 0 Å². The molecule has 2 N–H and O–H groups in total. The smallest absolute Gasteiger partial charge is 0.175 e. The second-order valence-corrected chi connectivity index (χ2v) is 4.47. The molecule has 0 saturated carbocycles. The van der Waals surface area contributed by atoms with Crippen molar-refractivity contribution in [1.29, 1.82) is 0 Å². The molecule has 16 heavy (non-hydrogen) atoms. The fourth-order valence-corrected chi connectivity index (χ4v) is 2.35. The Morgan fingerprint density at radius 1 is 1.38 bits per heavy atom. The Balaban J connectivity index is 2.37. The van der Waals surface area contributed by atoms with E-state index in [0.717, 1.165) is 33.5 Å². The third-order valence-electron chi connectivity index (χ3n) is 2.61. The van der Waals surface area contributed by atoms with Gasteiger partial charge in [-0.2, -0.15) is 0 Å². The Morgan fingerprint density at radius 3 is 2.75 bits per heavy atom. The van der Waals surface area contributed by atoms with E-state index in [0.29, 0.717) is 19.8 Å². The Hall–Kier alpha value is -0.780. The molecule has 2 rings (SSSR count). The molecule has 0 spiro atoms. The minimum atomic E-state index is 0.493. The molecule has 1 aliphatic rings. The Bertz CT molecular complexity index is 395. The monoisotopic (exact) mass is 287 g/mol. The summed E-state index contributed by atoms with van der Waals surface area (Å²) in [7, 11) is 0. The molecule has 0 aliphatic carbocycles. The number of benzene rings is 1. The lowest BCUT2D eigenvalue weighted by Crippen LogP contribution is -2.17. The van der Waals surface area contributed by atoms with Gasteiger partial charge >= 0.3 is 0 Å². The van der Waals surface area contributed by atoms with Crippen LogP contribution in [0.4, 0.5) is 0 Å². The minimum absolute atomic E-state index is 0.493. The van der Waals surface area contributed by atoms with Crippen LogP contribution < -0.4 is 15.4 Å². The molecule has 0 radical (unpaired) electrons. The van der Waals surface area contributed by atoms with E-state index < -0.39 is 0 Å². The number of rotatable bonds is 3. The van der Waals surface area contributed by atoms with E-state index in [2.05, 4.69) is 20.8 Å². The summed E-state index contributed by atoms with van der Waals surface area (Å²) in [5.74, 6) is 6.65. The maximum Gasteiger partial charge on any atom is 0.175 e. The van der Waals surface area contributed by atoms with E-state index in [9.17, 15) is 0 Å². The Morgan fingerprint density at radius 2 is 2.06 bits per heavy atom. The molecule has 1 aromatic rings. The fraction of sp³-hybridized carbons (Fsp3) is 0.455. The number of hydrogen-bond donors (Lipinski definition) is 1. The lowest BCUT2D eigenvalue weighted by atomic mass is 10.0. The normalized spacial score (nSPS) is 13.9. The maximum atomic E-state index is 5.63. The van der Waals surface area contributed by atoms with Crippen molar-refractivity contribution in [2.45, 2.75) is 13.3 Å². The van der Waals surface area contributed by atoms with Crippen molar-refractivity contribution in [3.63, 3.8) is 0 Å². The van der Waals surface area contributed by atoms with Crippen molar-refractivity contribution in [2.75, 3.05) is 19.8 Å².